The lowest BCUT2D eigenvalue weighted by molar-refractivity contribution is 0.102. The van der Waals surface area contributed by atoms with Gasteiger partial charge < -0.3 is 4.52 Å². The van der Waals surface area contributed by atoms with E-state index in [4.69, 9.17) is 4.52 Å². The summed E-state index contributed by atoms with van der Waals surface area (Å²) in [6.45, 7) is 6.11. The maximum Gasteiger partial charge on any atom is 0.258 e. The van der Waals surface area contributed by atoms with E-state index in [1.807, 2.05) is 57.2 Å². The molecule has 0 aliphatic carbocycles. The van der Waals surface area contributed by atoms with Gasteiger partial charge in [0.1, 0.15) is 0 Å². The van der Waals surface area contributed by atoms with Gasteiger partial charge in [0.2, 0.25) is 5.88 Å². The van der Waals surface area contributed by atoms with Crippen molar-refractivity contribution in [3.8, 4) is 11.3 Å². The number of hydrogen-bond donors (Lipinski definition) is 1. The van der Waals surface area contributed by atoms with Gasteiger partial charge in [0.05, 0.1) is 22.5 Å². The number of fused-ring (bicyclic) bond motifs is 1. The largest absolute Gasteiger partial charge is 0.338 e. The number of anilines is 1. The Morgan fingerprint density at radius 1 is 1.04 bits per heavy atom. The average molecular weight is 372 g/mol. The molecule has 0 spiro atoms. The standard InChI is InChI=1S/C22H20N4O2/c1-22(2,3)19-13-20(28-26-19)25-21(27)16-12-18(14-8-10-23-11-9-14)24-17-7-5-4-6-15(16)17/h4-13H,1-3H3,(H,25,27). The molecule has 6 nitrogen and oxygen atoms in total. The van der Waals surface area contributed by atoms with E-state index in [-0.39, 0.29) is 11.3 Å². The predicted octanol–water partition coefficient (Wildman–Crippen LogP) is 4.83. The first-order valence-corrected chi connectivity index (χ1v) is 9.00. The molecule has 1 amide bonds. The minimum atomic E-state index is -0.273. The molecule has 0 saturated heterocycles. The highest BCUT2D eigenvalue weighted by molar-refractivity contribution is 6.12. The summed E-state index contributed by atoms with van der Waals surface area (Å²) in [6.07, 6.45) is 3.41. The highest BCUT2D eigenvalue weighted by Crippen LogP contribution is 2.27. The number of rotatable bonds is 3. The fourth-order valence-electron chi connectivity index (χ4n) is 2.90. The van der Waals surface area contributed by atoms with E-state index in [9.17, 15) is 4.79 Å². The second kappa shape index (κ2) is 6.88. The minimum Gasteiger partial charge on any atom is -0.338 e. The molecule has 4 aromatic rings. The summed E-state index contributed by atoms with van der Waals surface area (Å²) >= 11 is 0. The number of aromatic nitrogens is 3. The number of para-hydroxylation sites is 1. The number of carbonyl (C=O) groups excluding carboxylic acids is 1. The van der Waals surface area contributed by atoms with Crippen LogP contribution >= 0.6 is 0 Å². The third-order valence-corrected chi connectivity index (χ3v) is 4.45. The lowest BCUT2D eigenvalue weighted by atomic mass is 9.92. The van der Waals surface area contributed by atoms with Crippen LogP contribution in [0.1, 0.15) is 36.8 Å². The van der Waals surface area contributed by atoms with E-state index in [0.717, 1.165) is 22.2 Å². The quantitative estimate of drug-likeness (QED) is 0.557. The molecule has 4 rings (SSSR count). The van der Waals surface area contributed by atoms with Crippen molar-refractivity contribution in [2.45, 2.75) is 26.2 Å². The summed E-state index contributed by atoms with van der Waals surface area (Å²) in [5, 5.41) is 7.64. The van der Waals surface area contributed by atoms with Crippen molar-refractivity contribution in [3.05, 3.63) is 72.2 Å². The molecule has 0 saturated carbocycles. The molecule has 0 aliphatic rings. The van der Waals surface area contributed by atoms with Gasteiger partial charge in [-0.1, -0.05) is 44.1 Å². The first-order chi connectivity index (χ1) is 13.4. The molecule has 6 heteroatoms. The van der Waals surface area contributed by atoms with Crippen molar-refractivity contribution < 1.29 is 9.32 Å². The Labute approximate surface area is 162 Å². The van der Waals surface area contributed by atoms with E-state index in [2.05, 4.69) is 20.4 Å². The molecule has 28 heavy (non-hydrogen) atoms. The van der Waals surface area contributed by atoms with Crippen LogP contribution in [0.15, 0.2) is 65.4 Å². The molecule has 3 aromatic heterocycles. The number of amides is 1. The maximum absolute atomic E-state index is 13.0. The molecule has 1 N–H and O–H groups in total. The molecular formula is C22H20N4O2. The third kappa shape index (κ3) is 3.49. The maximum atomic E-state index is 13.0. The van der Waals surface area contributed by atoms with E-state index in [1.165, 1.54) is 0 Å². The monoisotopic (exact) mass is 372 g/mol. The minimum absolute atomic E-state index is 0.162. The Morgan fingerprint density at radius 2 is 1.79 bits per heavy atom. The van der Waals surface area contributed by atoms with Crippen LogP contribution in [-0.2, 0) is 5.41 Å². The zero-order valence-corrected chi connectivity index (χ0v) is 15.9. The number of nitrogens with zero attached hydrogens (tertiary/aromatic N) is 3. The smallest absolute Gasteiger partial charge is 0.258 e. The molecule has 0 radical (unpaired) electrons. The van der Waals surface area contributed by atoms with Gasteiger partial charge in [-0.2, -0.15) is 0 Å². The van der Waals surface area contributed by atoms with Crippen molar-refractivity contribution in [1.29, 1.82) is 0 Å². The summed E-state index contributed by atoms with van der Waals surface area (Å²) in [7, 11) is 0. The number of carbonyl (C=O) groups is 1. The van der Waals surface area contributed by atoms with Crippen molar-refractivity contribution >= 4 is 22.7 Å². The molecule has 3 heterocycles. The topological polar surface area (TPSA) is 80.9 Å². The van der Waals surface area contributed by atoms with Crippen LogP contribution in [0, 0.1) is 0 Å². The number of hydrogen-bond acceptors (Lipinski definition) is 5. The summed E-state index contributed by atoms with van der Waals surface area (Å²) in [5.74, 6) is 0.0480. The number of benzene rings is 1. The fourth-order valence-corrected chi connectivity index (χ4v) is 2.90. The molecule has 1 aromatic carbocycles. The second-order valence-electron chi connectivity index (χ2n) is 7.59. The Morgan fingerprint density at radius 3 is 2.50 bits per heavy atom. The van der Waals surface area contributed by atoms with Crippen molar-refractivity contribution in [2.24, 2.45) is 0 Å². The Kier molecular flexibility index (Phi) is 4.39. The predicted molar refractivity (Wildman–Crippen MR) is 108 cm³/mol. The normalized spacial score (nSPS) is 11.5. The van der Waals surface area contributed by atoms with Gasteiger partial charge in [-0.05, 0) is 24.3 Å². The van der Waals surface area contributed by atoms with Crippen LogP contribution in [-0.4, -0.2) is 21.0 Å². The Balaban J connectivity index is 1.74. The fraction of sp³-hybridized carbons (Fsp3) is 0.182. The lowest BCUT2D eigenvalue weighted by Gasteiger charge is -2.12. The molecule has 0 fully saturated rings. The zero-order chi connectivity index (χ0) is 19.7. The van der Waals surface area contributed by atoms with E-state index < -0.39 is 0 Å². The van der Waals surface area contributed by atoms with Crippen molar-refractivity contribution in [3.63, 3.8) is 0 Å². The molecule has 140 valence electrons. The molecule has 0 atom stereocenters. The van der Waals surface area contributed by atoms with Crippen molar-refractivity contribution in [1.82, 2.24) is 15.1 Å². The molecular weight excluding hydrogens is 352 g/mol. The molecule has 0 aliphatic heterocycles. The van der Waals surface area contributed by atoms with Crippen molar-refractivity contribution in [2.75, 3.05) is 5.32 Å². The van der Waals surface area contributed by atoms with Gasteiger partial charge >= 0.3 is 0 Å². The van der Waals surface area contributed by atoms with E-state index in [1.54, 1.807) is 24.5 Å². The number of pyridine rings is 2. The summed E-state index contributed by atoms with van der Waals surface area (Å²) < 4.78 is 5.30. The van der Waals surface area contributed by atoms with Gasteiger partial charge in [-0.3, -0.25) is 15.1 Å². The first-order valence-electron chi connectivity index (χ1n) is 9.00. The highest BCUT2D eigenvalue weighted by atomic mass is 16.5. The van der Waals surface area contributed by atoms with Gasteiger partial charge in [0, 0.05) is 34.8 Å². The van der Waals surface area contributed by atoms with Gasteiger partial charge in [0.25, 0.3) is 5.91 Å². The Bertz CT molecular complexity index is 1140. The van der Waals surface area contributed by atoms with Crippen LogP contribution < -0.4 is 5.32 Å². The van der Waals surface area contributed by atoms with E-state index in [0.29, 0.717) is 17.1 Å². The van der Waals surface area contributed by atoms with Gasteiger partial charge in [-0.15, -0.1) is 0 Å². The lowest BCUT2D eigenvalue weighted by Crippen LogP contribution is -2.13. The van der Waals surface area contributed by atoms with Crippen LogP contribution in [0.2, 0.25) is 0 Å². The van der Waals surface area contributed by atoms with Crippen LogP contribution in [0.3, 0.4) is 0 Å². The molecule has 0 unspecified atom stereocenters. The average Bonchev–Trinajstić information content (AvgIpc) is 3.17. The summed E-state index contributed by atoms with van der Waals surface area (Å²) in [5.41, 5.74) is 3.48. The third-order valence-electron chi connectivity index (χ3n) is 4.45. The van der Waals surface area contributed by atoms with E-state index >= 15 is 0 Å². The zero-order valence-electron chi connectivity index (χ0n) is 15.9. The molecule has 0 bridgehead atoms. The number of nitrogens with one attached hydrogen (secondary N) is 1. The summed E-state index contributed by atoms with van der Waals surface area (Å²) in [6, 6.07) is 14.8. The van der Waals surface area contributed by atoms with Crippen LogP contribution in [0.4, 0.5) is 5.88 Å². The highest BCUT2D eigenvalue weighted by Gasteiger charge is 2.21. The van der Waals surface area contributed by atoms with Gasteiger partial charge in [0.15, 0.2) is 0 Å². The van der Waals surface area contributed by atoms with Gasteiger partial charge in [-0.25, -0.2) is 4.98 Å². The second-order valence-corrected chi connectivity index (χ2v) is 7.59. The Hall–Kier alpha value is -3.54. The van der Waals surface area contributed by atoms with Crippen LogP contribution in [0.25, 0.3) is 22.2 Å². The SMILES string of the molecule is CC(C)(C)c1cc(NC(=O)c2cc(-c3ccncc3)nc3ccccc23)on1. The first kappa shape index (κ1) is 17.9. The summed E-state index contributed by atoms with van der Waals surface area (Å²) in [4.78, 5) is 21.8. The van der Waals surface area contributed by atoms with Crippen LogP contribution in [0.5, 0.6) is 0 Å².